The summed E-state index contributed by atoms with van der Waals surface area (Å²) < 4.78 is 39.4. The topological polar surface area (TPSA) is 192 Å². The number of benzene rings is 6. The lowest BCUT2D eigenvalue weighted by Crippen LogP contribution is -2.43. The zero-order valence-corrected chi connectivity index (χ0v) is 42.4. The number of nitrogens with one attached hydrogen (secondary N) is 1. The van der Waals surface area contributed by atoms with E-state index in [0.29, 0.717) is 60.6 Å². The van der Waals surface area contributed by atoms with Crippen LogP contribution >= 0.6 is 23.2 Å². The molecule has 0 unspecified atom stereocenters. The Bertz CT molecular complexity index is 3380. The van der Waals surface area contributed by atoms with E-state index in [4.69, 9.17) is 38.5 Å². The molecule has 396 valence electrons. The predicted molar refractivity (Wildman–Crippen MR) is 288 cm³/mol. The first kappa shape index (κ1) is 58.7. The average molecular weight is 1080 g/mol. The molecule has 0 fully saturated rings. The smallest absolute Gasteiger partial charge is 0.444 e. The van der Waals surface area contributed by atoms with Gasteiger partial charge in [-0.25, -0.2) is 14.2 Å². The van der Waals surface area contributed by atoms with Gasteiger partial charge in [-0.1, -0.05) is 128 Å². The minimum Gasteiger partial charge on any atom is -0.444 e. The van der Waals surface area contributed by atoms with Crippen molar-refractivity contribution in [2.75, 3.05) is 13.3 Å². The van der Waals surface area contributed by atoms with E-state index in [2.05, 4.69) is 15.5 Å². The van der Waals surface area contributed by atoms with Gasteiger partial charge in [0.2, 0.25) is 6.29 Å². The molecule has 8 aromatic rings. The highest BCUT2D eigenvalue weighted by Crippen LogP contribution is 2.23. The number of hydrogen-bond acceptors (Lipinski definition) is 10. The summed E-state index contributed by atoms with van der Waals surface area (Å²) in [5.74, 6) is -0.527. The van der Waals surface area contributed by atoms with Gasteiger partial charge >= 0.3 is 12.3 Å². The second-order valence-corrected chi connectivity index (χ2v) is 18.5. The van der Waals surface area contributed by atoms with Crippen molar-refractivity contribution in [1.29, 1.82) is 0 Å². The summed E-state index contributed by atoms with van der Waals surface area (Å²) in [4.78, 5) is 76.8. The van der Waals surface area contributed by atoms with Crippen LogP contribution in [0.4, 0.5) is 18.0 Å². The zero-order chi connectivity index (χ0) is 54.3. The Morgan fingerprint density at radius 2 is 0.987 bits per heavy atom. The van der Waals surface area contributed by atoms with E-state index in [9.17, 15) is 37.1 Å². The Kier molecular flexibility index (Phi) is 20.7. The van der Waals surface area contributed by atoms with Crippen LogP contribution in [0, 0.1) is 0 Å². The van der Waals surface area contributed by atoms with Crippen molar-refractivity contribution in [3.63, 3.8) is 0 Å². The van der Waals surface area contributed by atoms with Gasteiger partial charge in [0.05, 0.1) is 61.7 Å². The normalized spacial score (nSPS) is 11.0. The molecule has 8 rings (SSSR count). The van der Waals surface area contributed by atoms with Gasteiger partial charge < -0.3 is 25.6 Å². The largest absolute Gasteiger partial charge is 0.446 e. The lowest BCUT2D eigenvalue weighted by Gasteiger charge is -2.25. The molecule has 0 aliphatic heterocycles. The maximum absolute atomic E-state index is 13.5. The number of nitrogens with two attached hydrogens (primary N) is 1. The molecule has 0 radical (unpaired) electrons. The van der Waals surface area contributed by atoms with Gasteiger partial charge in [-0.3, -0.25) is 24.0 Å². The first-order valence-electron chi connectivity index (χ1n) is 23.1. The molecule has 2 heterocycles. The summed E-state index contributed by atoms with van der Waals surface area (Å²) >= 11 is 12.5. The number of hydrogen-bond donors (Lipinski definition) is 2. The van der Waals surface area contributed by atoms with Crippen LogP contribution in [0.2, 0.25) is 10.0 Å². The van der Waals surface area contributed by atoms with Crippen molar-refractivity contribution in [2.45, 2.75) is 66.2 Å². The third-order valence-electron chi connectivity index (χ3n) is 10.8. The van der Waals surface area contributed by atoms with Crippen molar-refractivity contribution < 1.29 is 37.1 Å². The van der Waals surface area contributed by atoms with Crippen LogP contribution in [0.5, 0.6) is 0 Å². The van der Waals surface area contributed by atoms with E-state index in [-0.39, 0.29) is 63.3 Å². The lowest BCUT2D eigenvalue weighted by atomic mass is 10.1. The quantitative estimate of drug-likeness (QED) is 0.0830. The summed E-state index contributed by atoms with van der Waals surface area (Å²) in [5, 5.41) is 14.9. The number of halogens is 5. The van der Waals surface area contributed by atoms with Crippen molar-refractivity contribution >= 4 is 68.9 Å². The summed E-state index contributed by atoms with van der Waals surface area (Å²) in [6, 6.07) is 46.8. The number of ether oxygens (including phenoxy) is 1. The van der Waals surface area contributed by atoms with Crippen molar-refractivity contribution in [3.8, 4) is 0 Å². The Balaban J connectivity index is 0.000000254. The van der Waals surface area contributed by atoms with Gasteiger partial charge in [0.25, 0.3) is 22.9 Å². The van der Waals surface area contributed by atoms with Crippen molar-refractivity contribution in [3.05, 3.63) is 222 Å². The fraction of sp³-hybridized carbons (Fsp3) is 0.214. The molecule has 0 aliphatic rings. The van der Waals surface area contributed by atoms with Gasteiger partial charge in [-0.2, -0.15) is 23.4 Å². The van der Waals surface area contributed by atoms with E-state index in [1.807, 2.05) is 72.8 Å². The van der Waals surface area contributed by atoms with Crippen LogP contribution in [0.15, 0.2) is 167 Å². The summed E-state index contributed by atoms with van der Waals surface area (Å²) in [6.45, 7) is 5.89. The SMILES string of the molecule is C.CC(C)(C)OC(=O)NCN(Cc1nn(Cc2ccccc2)c(=O)c2ccc(Cl)cc12)C(=O)c1ccccc1.NCN(Cc1nn(Cc2ccccc2)c(=O)c2ccc(Cl)cc12)C(=O)c1ccccc1.O=CC(F)(F)F. The number of nitrogens with zero attached hydrogens (tertiary/aromatic N) is 6. The lowest BCUT2D eigenvalue weighted by molar-refractivity contribution is -0.156. The van der Waals surface area contributed by atoms with Gasteiger partial charge in [-0.15, -0.1) is 0 Å². The highest BCUT2D eigenvalue weighted by molar-refractivity contribution is 6.31. The molecule has 15 nitrogen and oxygen atoms in total. The molecule has 0 bridgehead atoms. The average Bonchev–Trinajstić information content (AvgIpc) is 3.39. The van der Waals surface area contributed by atoms with Crippen molar-refractivity contribution in [2.24, 2.45) is 5.73 Å². The molecule has 3 N–H and O–H groups in total. The fourth-order valence-corrected chi connectivity index (χ4v) is 7.74. The maximum atomic E-state index is 13.5. The van der Waals surface area contributed by atoms with Gasteiger partial charge in [0, 0.05) is 31.9 Å². The molecule has 0 saturated heterocycles. The van der Waals surface area contributed by atoms with Crippen LogP contribution in [-0.4, -0.2) is 78.7 Å². The Labute approximate surface area is 446 Å². The minimum absolute atomic E-state index is 0. The number of rotatable bonds is 13. The number of carbonyl (C=O) groups is 4. The van der Waals surface area contributed by atoms with Crippen molar-refractivity contribution in [1.82, 2.24) is 34.7 Å². The number of aromatic nitrogens is 4. The third kappa shape index (κ3) is 16.7. The molecule has 0 atom stereocenters. The van der Waals surface area contributed by atoms with Crippen LogP contribution in [0.3, 0.4) is 0 Å². The predicted octanol–water partition coefficient (Wildman–Crippen LogP) is 10.3. The third-order valence-corrected chi connectivity index (χ3v) is 11.3. The number of alkyl halides is 3. The fourth-order valence-electron chi connectivity index (χ4n) is 7.39. The molecule has 6 aromatic carbocycles. The Hall–Kier alpha value is -8.19. The molecule has 76 heavy (non-hydrogen) atoms. The molecular formula is C56H55Cl2F3N8O7. The van der Waals surface area contributed by atoms with Crippen LogP contribution in [-0.2, 0) is 35.7 Å². The standard InChI is InChI=1S/C29H29ClN4O4.C24H21ClN4O2.C2HF3O.CH4/c1-29(2,3)38-28(37)31-19-33(26(35)21-12-8-5-9-13-21)18-25-24-16-22(30)14-15-23(24)27(36)34(32-25)17-20-10-6-4-7-11-20;25-19-11-12-20-21(13-19)22(15-28(16-26)23(30)18-9-5-2-6-10-18)27-29(24(20)31)14-17-7-3-1-4-8-17;3-2(4,5)1-6;/h4-16H,17-19H2,1-3H3,(H,31,37);1-13H,14-16,26H2;1H;1H4. The molecular weight excluding hydrogens is 1020 g/mol. The van der Waals surface area contributed by atoms with E-state index >= 15 is 0 Å². The first-order valence-corrected chi connectivity index (χ1v) is 23.8. The van der Waals surface area contributed by atoms with E-state index in [1.165, 1.54) is 19.2 Å². The minimum atomic E-state index is -4.64. The van der Waals surface area contributed by atoms with Crippen LogP contribution in [0.1, 0.15) is 71.4 Å². The van der Waals surface area contributed by atoms with Crippen LogP contribution < -0.4 is 22.2 Å². The summed E-state index contributed by atoms with van der Waals surface area (Å²) in [7, 11) is 0. The van der Waals surface area contributed by atoms with E-state index in [0.717, 1.165) is 11.1 Å². The van der Waals surface area contributed by atoms with Crippen LogP contribution in [0.25, 0.3) is 21.5 Å². The second kappa shape index (κ2) is 26.9. The highest BCUT2D eigenvalue weighted by Gasteiger charge is 2.25. The van der Waals surface area contributed by atoms with E-state index < -0.39 is 24.2 Å². The molecule has 0 saturated carbocycles. The number of aldehydes is 1. The Morgan fingerprint density at radius 1 is 0.618 bits per heavy atom. The molecule has 2 aromatic heterocycles. The highest BCUT2D eigenvalue weighted by atomic mass is 35.5. The maximum Gasteiger partial charge on any atom is 0.446 e. The monoisotopic (exact) mass is 1080 g/mol. The second-order valence-electron chi connectivity index (χ2n) is 17.6. The number of fused-ring (bicyclic) bond motifs is 2. The number of alkyl carbamates (subject to hydrolysis) is 1. The molecule has 0 aliphatic carbocycles. The van der Waals surface area contributed by atoms with Gasteiger partial charge in [0.15, 0.2) is 0 Å². The Morgan fingerprint density at radius 3 is 1.36 bits per heavy atom. The van der Waals surface area contributed by atoms with Gasteiger partial charge in [0.1, 0.15) is 5.60 Å². The number of amides is 3. The van der Waals surface area contributed by atoms with Gasteiger partial charge in [-0.05, 0) is 92.6 Å². The van der Waals surface area contributed by atoms with E-state index in [1.54, 1.807) is 106 Å². The summed E-state index contributed by atoms with van der Waals surface area (Å²) in [5.41, 5.74) is 8.59. The zero-order valence-electron chi connectivity index (χ0n) is 40.8. The molecule has 0 spiro atoms. The first-order chi connectivity index (χ1) is 35.7. The molecule has 3 amide bonds. The summed E-state index contributed by atoms with van der Waals surface area (Å²) in [6.07, 6.45) is -6.36. The molecule has 20 heteroatoms. The number of carbonyl (C=O) groups excluding carboxylic acids is 4.